The van der Waals surface area contributed by atoms with Crippen molar-refractivity contribution in [3.05, 3.63) is 23.9 Å². The van der Waals surface area contributed by atoms with E-state index in [0.29, 0.717) is 11.8 Å². The Balaban J connectivity index is 1.58. The minimum Gasteiger partial charge on any atom is -0.481 e. The predicted octanol–water partition coefficient (Wildman–Crippen LogP) is 1.59. The van der Waals surface area contributed by atoms with Crippen LogP contribution in [0, 0.1) is 5.92 Å². The molecule has 0 bridgehead atoms. The zero-order valence-electron chi connectivity index (χ0n) is 14.7. The Morgan fingerprint density at radius 2 is 2.38 bits per heavy atom. The highest BCUT2D eigenvalue weighted by atomic mass is 16.5. The van der Waals surface area contributed by atoms with E-state index >= 15 is 0 Å². The summed E-state index contributed by atoms with van der Waals surface area (Å²) in [4.78, 5) is 18.8. The third-order valence-electron chi connectivity index (χ3n) is 4.80. The number of carbonyl (C=O) groups excluding carboxylic acids is 1. The van der Waals surface area contributed by atoms with Crippen LogP contribution in [0.25, 0.3) is 0 Å². The summed E-state index contributed by atoms with van der Waals surface area (Å²) in [6.45, 7) is 6.62. The topological polar surface area (TPSA) is 63.7 Å². The molecular weight excluding hydrogens is 306 g/mol. The van der Waals surface area contributed by atoms with Crippen molar-refractivity contribution < 1.29 is 14.3 Å². The number of fused-ring (bicyclic) bond motifs is 1. The molecule has 0 saturated carbocycles. The van der Waals surface area contributed by atoms with Crippen LogP contribution in [0.15, 0.2) is 18.3 Å². The van der Waals surface area contributed by atoms with Gasteiger partial charge in [0.15, 0.2) is 0 Å². The summed E-state index contributed by atoms with van der Waals surface area (Å²) >= 11 is 0. The Bertz CT molecular complexity index is 578. The van der Waals surface area contributed by atoms with Gasteiger partial charge in [0.25, 0.3) is 0 Å². The first-order valence-electron chi connectivity index (χ1n) is 8.73. The van der Waals surface area contributed by atoms with E-state index in [1.54, 1.807) is 13.3 Å². The van der Waals surface area contributed by atoms with Gasteiger partial charge in [-0.2, -0.15) is 0 Å². The maximum absolute atomic E-state index is 12.2. The number of methoxy groups -OCH3 is 1. The Hall–Kier alpha value is -1.66. The zero-order chi connectivity index (χ0) is 17.1. The molecule has 2 aliphatic heterocycles. The van der Waals surface area contributed by atoms with E-state index in [2.05, 4.69) is 15.2 Å². The van der Waals surface area contributed by atoms with Gasteiger partial charge >= 0.3 is 0 Å². The van der Waals surface area contributed by atoms with Gasteiger partial charge in [-0.05, 0) is 45.2 Å². The number of carbonyl (C=O) groups is 1. The van der Waals surface area contributed by atoms with Crippen molar-refractivity contribution in [1.82, 2.24) is 15.2 Å². The zero-order valence-corrected chi connectivity index (χ0v) is 14.7. The quantitative estimate of drug-likeness (QED) is 0.887. The van der Waals surface area contributed by atoms with Gasteiger partial charge in [0.05, 0.1) is 13.2 Å². The maximum atomic E-state index is 12.2. The van der Waals surface area contributed by atoms with E-state index < -0.39 is 0 Å². The number of ether oxygens (including phenoxy) is 2. The number of nitrogens with zero attached hydrogens (tertiary/aromatic N) is 2. The molecule has 6 heteroatoms. The van der Waals surface area contributed by atoms with Gasteiger partial charge in [0.2, 0.25) is 11.8 Å². The lowest BCUT2D eigenvalue weighted by molar-refractivity contribution is -0.133. The Morgan fingerprint density at radius 1 is 1.54 bits per heavy atom. The van der Waals surface area contributed by atoms with Crippen LogP contribution in [0.5, 0.6) is 5.88 Å². The fourth-order valence-electron chi connectivity index (χ4n) is 3.65. The van der Waals surface area contributed by atoms with Crippen molar-refractivity contribution in [2.24, 2.45) is 5.92 Å². The second-order valence-corrected chi connectivity index (χ2v) is 7.02. The molecule has 0 radical (unpaired) electrons. The molecule has 6 nitrogen and oxygen atoms in total. The number of nitrogens with one attached hydrogen (secondary N) is 1. The lowest BCUT2D eigenvalue weighted by Crippen LogP contribution is -2.42. The predicted molar refractivity (Wildman–Crippen MR) is 90.7 cm³/mol. The molecule has 24 heavy (non-hydrogen) atoms. The van der Waals surface area contributed by atoms with Crippen molar-refractivity contribution >= 4 is 5.91 Å². The number of hydrogen-bond acceptors (Lipinski definition) is 5. The lowest BCUT2D eigenvalue weighted by Gasteiger charge is -2.34. The van der Waals surface area contributed by atoms with Gasteiger partial charge in [-0.1, -0.05) is 6.07 Å². The van der Waals surface area contributed by atoms with Crippen LogP contribution in [0.1, 0.15) is 32.3 Å². The first kappa shape index (κ1) is 17.2. The Morgan fingerprint density at radius 3 is 3.12 bits per heavy atom. The summed E-state index contributed by atoms with van der Waals surface area (Å²) in [6.07, 6.45) is 3.50. The molecule has 1 N–H and O–H groups in total. The number of aromatic nitrogens is 1. The summed E-state index contributed by atoms with van der Waals surface area (Å²) in [5, 5.41) is 2.96. The van der Waals surface area contributed by atoms with Gasteiger partial charge in [-0.25, -0.2) is 4.98 Å². The SMILES string of the molecule is COc1ncccc1CN1CC[C@H]2C[C@@H](C(=O)NC(C)C)O[C@@H]2C1. The summed E-state index contributed by atoms with van der Waals surface area (Å²) in [6, 6.07) is 4.13. The highest BCUT2D eigenvalue weighted by molar-refractivity contribution is 5.81. The third kappa shape index (κ3) is 3.87. The number of likely N-dealkylation sites (tertiary alicyclic amines) is 1. The fraction of sp³-hybridized carbons (Fsp3) is 0.667. The molecule has 0 aliphatic carbocycles. The largest absolute Gasteiger partial charge is 0.481 e. The van der Waals surface area contributed by atoms with E-state index in [1.807, 2.05) is 26.0 Å². The average Bonchev–Trinajstić information content (AvgIpc) is 2.98. The number of rotatable bonds is 5. The Labute approximate surface area is 143 Å². The molecule has 2 saturated heterocycles. The van der Waals surface area contributed by atoms with Crippen LogP contribution in [-0.4, -0.2) is 54.2 Å². The second kappa shape index (κ2) is 7.49. The molecule has 3 atom stereocenters. The summed E-state index contributed by atoms with van der Waals surface area (Å²) in [5.74, 6) is 1.20. The maximum Gasteiger partial charge on any atom is 0.249 e. The van der Waals surface area contributed by atoms with Gasteiger partial charge in [-0.3, -0.25) is 9.69 Å². The molecule has 0 unspecified atom stereocenters. The van der Waals surface area contributed by atoms with Crippen LogP contribution in [0.2, 0.25) is 0 Å². The van der Waals surface area contributed by atoms with E-state index in [9.17, 15) is 4.79 Å². The van der Waals surface area contributed by atoms with Crippen molar-refractivity contribution in [1.29, 1.82) is 0 Å². The summed E-state index contributed by atoms with van der Waals surface area (Å²) < 4.78 is 11.4. The lowest BCUT2D eigenvalue weighted by atomic mass is 9.91. The molecule has 1 aromatic rings. The Kier molecular flexibility index (Phi) is 5.36. The van der Waals surface area contributed by atoms with Crippen LogP contribution in [0.4, 0.5) is 0 Å². The monoisotopic (exact) mass is 333 g/mol. The van der Waals surface area contributed by atoms with Crippen molar-refractivity contribution in [2.45, 2.75) is 51.5 Å². The standard InChI is InChI=1S/C18H27N3O3/c1-12(2)20-17(22)15-9-13-6-8-21(11-16(13)24-15)10-14-5-4-7-19-18(14)23-3/h4-5,7,12-13,15-16H,6,8-11H2,1-3H3,(H,20,22)/t13-,15-,16+/m0/s1. The van der Waals surface area contributed by atoms with E-state index in [-0.39, 0.29) is 24.2 Å². The van der Waals surface area contributed by atoms with Gasteiger partial charge in [0.1, 0.15) is 6.10 Å². The van der Waals surface area contributed by atoms with Gasteiger partial charge < -0.3 is 14.8 Å². The average molecular weight is 333 g/mol. The molecule has 3 heterocycles. The molecule has 2 fully saturated rings. The first-order valence-corrected chi connectivity index (χ1v) is 8.73. The molecule has 0 spiro atoms. The number of pyridine rings is 1. The molecule has 1 aromatic heterocycles. The van der Waals surface area contributed by atoms with Crippen LogP contribution >= 0.6 is 0 Å². The van der Waals surface area contributed by atoms with Crippen LogP contribution < -0.4 is 10.1 Å². The second-order valence-electron chi connectivity index (χ2n) is 7.02. The van der Waals surface area contributed by atoms with Crippen LogP contribution in [0.3, 0.4) is 0 Å². The molecule has 0 aromatic carbocycles. The molecule has 3 rings (SSSR count). The van der Waals surface area contributed by atoms with E-state index in [4.69, 9.17) is 9.47 Å². The highest BCUT2D eigenvalue weighted by Crippen LogP contribution is 2.34. The van der Waals surface area contributed by atoms with E-state index in [0.717, 1.165) is 38.0 Å². The number of piperidine rings is 1. The normalized spacial score (nSPS) is 27.1. The molecule has 1 amide bonds. The smallest absolute Gasteiger partial charge is 0.249 e. The summed E-state index contributed by atoms with van der Waals surface area (Å²) in [7, 11) is 1.65. The van der Waals surface area contributed by atoms with Crippen molar-refractivity contribution in [3.63, 3.8) is 0 Å². The fourth-order valence-corrected chi connectivity index (χ4v) is 3.65. The molecule has 2 aliphatic rings. The first-order chi connectivity index (χ1) is 11.6. The number of amides is 1. The van der Waals surface area contributed by atoms with E-state index in [1.165, 1.54) is 0 Å². The highest BCUT2D eigenvalue weighted by Gasteiger charge is 2.41. The van der Waals surface area contributed by atoms with Crippen LogP contribution in [-0.2, 0) is 16.1 Å². The minimum atomic E-state index is -0.296. The van der Waals surface area contributed by atoms with Crippen molar-refractivity contribution in [3.8, 4) is 5.88 Å². The van der Waals surface area contributed by atoms with Crippen molar-refractivity contribution in [2.75, 3.05) is 20.2 Å². The number of hydrogen-bond donors (Lipinski definition) is 1. The van der Waals surface area contributed by atoms with Gasteiger partial charge in [0, 0.05) is 30.9 Å². The van der Waals surface area contributed by atoms with Gasteiger partial charge in [-0.15, -0.1) is 0 Å². The minimum absolute atomic E-state index is 0.0277. The summed E-state index contributed by atoms with van der Waals surface area (Å²) in [5.41, 5.74) is 1.09. The molecular formula is C18H27N3O3. The third-order valence-corrected chi connectivity index (χ3v) is 4.80. The molecule has 132 valence electrons.